The van der Waals surface area contributed by atoms with Crippen molar-refractivity contribution in [3.63, 3.8) is 0 Å². The fraction of sp³-hybridized carbons (Fsp3) is 0.348. The van der Waals surface area contributed by atoms with Gasteiger partial charge in [-0.2, -0.15) is 0 Å². The highest BCUT2D eigenvalue weighted by atomic mass is 16.5. The molecule has 0 fully saturated rings. The third-order valence-electron chi connectivity index (χ3n) is 15.7. The summed E-state index contributed by atoms with van der Waals surface area (Å²) in [7, 11) is 0. The highest BCUT2D eigenvalue weighted by molar-refractivity contribution is 6.00. The maximum absolute atomic E-state index is 14.6. The van der Waals surface area contributed by atoms with Crippen LogP contribution in [0.2, 0.25) is 0 Å². The van der Waals surface area contributed by atoms with Crippen LogP contribution in [0, 0.1) is 0 Å². The number of amides is 11. The number of benzene rings is 5. The van der Waals surface area contributed by atoms with Crippen molar-refractivity contribution in [3.8, 4) is 17.2 Å². The van der Waals surface area contributed by atoms with Crippen molar-refractivity contribution in [1.82, 2.24) is 58.5 Å². The second-order valence-corrected chi connectivity index (χ2v) is 24.0. The van der Waals surface area contributed by atoms with Crippen LogP contribution in [-0.4, -0.2) is 171 Å². The number of nitrogens with one attached hydrogen (secondary N) is 11. The summed E-state index contributed by atoms with van der Waals surface area (Å²) in [6.45, 7) is 1.50. The zero-order valence-corrected chi connectivity index (χ0v) is 55.4. The summed E-state index contributed by atoms with van der Waals surface area (Å²) in [5.74, 6) is -16.8. The van der Waals surface area contributed by atoms with Gasteiger partial charge in [-0.25, -0.2) is 4.79 Å². The quantitative estimate of drug-likeness (QED) is 0.0706. The second-order valence-electron chi connectivity index (χ2n) is 24.0. The molecule has 0 radical (unpaired) electrons. The molecule has 0 unspecified atom stereocenters. The van der Waals surface area contributed by atoms with Crippen molar-refractivity contribution in [3.05, 3.63) is 160 Å². The topological polar surface area (TPSA) is 497 Å². The minimum Gasteiger partial charge on any atom is -0.489 e. The molecular formula is C69H77N11O22. The molecule has 11 amide bonds. The van der Waals surface area contributed by atoms with Gasteiger partial charge in [0.25, 0.3) is 0 Å². The summed E-state index contributed by atoms with van der Waals surface area (Å²) in [5, 5.41) is 65.7. The number of fused-ring (bicyclic) bond motifs is 20. The van der Waals surface area contributed by atoms with E-state index in [1.54, 1.807) is 72.8 Å². The molecule has 0 aliphatic carbocycles. The average molecular weight is 1410 g/mol. The lowest BCUT2D eigenvalue weighted by molar-refractivity contribution is -0.142. The highest BCUT2D eigenvalue weighted by Crippen LogP contribution is 2.24. The number of hydrogen-bond acceptors (Lipinski definition) is 18. The maximum atomic E-state index is 14.6. The van der Waals surface area contributed by atoms with Crippen molar-refractivity contribution < 1.29 is 107 Å². The number of carbonyl (C=O) groups excluding carboxylic acids is 11. The number of rotatable bonds is 11. The Labute approximate surface area is 582 Å². The Kier molecular flexibility index (Phi) is 27.9. The lowest BCUT2D eigenvalue weighted by atomic mass is 10.0. The van der Waals surface area contributed by atoms with E-state index in [1.807, 2.05) is 0 Å². The third kappa shape index (κ3) is 24.5. The van der Waals surface area contributed by atoms with Gasteiger partial charge in [0.1, 0.15) is 85.4 Å². The molecule has 0 aromatic heterocycles. The fourth-order valence-corrected chi connectivity index (χ4v) is 10.5. The lowest BCUT2D eigenvalue weighted by Gasteiger charge is -2.26. The first-order valence-electron chi connectivity index (χ1n) is 32.0. The molecule has 15 N–H and O–H groups in total. The summed E-state index contributed by atoms with van der Waals surface area (Å²) < 4.78 is 18.6. The monoisotopic (exact) mass is 1410 g/mol. The zero-order chi connectivity index (χ0) is 74.2. The third-order valence-corrected chi connectivity index (χ3v) is 15.7. The average Bonchev–Trinajstić information content (AvgIpc) is 0.873. The molecule has 5 aliphatic rings. The van der Waals surface area contributed by atoms with Gasteiger partial charge in [-0.05, 0) is 114 Å². The molecular weight excluding hydrogens is 1330 g/mol. The van der Waals surface area contributed by atoms with Crippen LogP contribution in [0.1, 0.15) is 91.4 Å². The standard InChI is InChI=1S/C69H77N11O22/c1-36-61(90)70-31-55(82)75-49(21-22-57(84)85)64(93)77-52-28-41-11-17-47(18-12-41)101-34-43-23-42(33-100-46-15-9-40(10-16-46)27-51(74-38(3)81)67(96)78-53(29-58(86)87)65(94)72-36)24-44(25-43)35-102-48-19-13-45(14-20-48)60(69(98)99)80-56(83)32-71-63(92)50(26-39-7-5-4-6-8-39)76-62(91)37(2)73-66(95)54(30-59(88)89)79-68(52)97/h4-20,23-25,36-37,49-54,60H,21-22,26-35H2,1-3H3,(H,70,90)(H,71,92)(H,72,94)(H,73,95)(H,74,81)(H,75,82)(H,76,91)(H,77,93)(H,78,96)(H,79,97)(H,80,83)(H,84,85)(H,86,87)(H,88,89)(H,98,99)/t36-,37-,49-,50-,51-,52-,53-,54-,60-/m0/s1. The molecule has 540 valence electrons. The van der Waals surface area contributed by atoms with Gasteiger partial charge >= 0.3 is 23.9 Å². The van der Waals surface area contributed by atoms with Crippen LogP contribution in [0.5, 0.6) is 17.2 Å². The Bertz CT molecular complexity index is 3930. The van der Waals surface area contributed by atoms with E-state index in [1.165, 1.54) is 55.5 Å². The van der Waals surface area contributed by atoms with Gasteiger partial charge in [0.15, 0.2) is 6.04 Å². The van der Waals surface area contributed by atoms with E-state index in [2.05, 4.69) is 58.5 Å². The Balaban J connectivity index is 1.28. The predicted molar refractivity (Wildman–Crippen MR) is 355 cm³/mol. The van der Waals surface area contributed by atoms with Crippen LogP contribution in [0.4, 0.5) is 0 Å². The second kappa shape index (κ2) is 36.9. The van der Waals surface area contributed by atoms with Gasteiger partial charge < -0.3 is 93.1 Å². The molecule has 10 bridgehead atoms. The van der Waals surface area contributed by atoms with E-state index in [9.17, 15) is 92.3 Å². The van der Waals surface area contributed by atoms with Crippen molar-refractivity contribution in [2.24, 2.45) is 0 Å². The van der Waals surface area contributed by atoms with Gasteiger partial charge in [0.2, 0.25) is 65.0 Å². The first-order valence-corrected chi connectivity index (χ1v) is 32.0. The normalized spacial score (nSPS) is 22.1. The van der Waals surface area contributed by atoms with Crippen LogP contribution >= 0.6 is 0 Å². The van der Waals surface area contributed by atoms with Crippen LogP contribution < -0.4 is 72.7 Å². The number of carboxylic acid groups (broad SMARTS) is 4. The summed E-state index contributed by atoms with van der Waals surface area (Å²) in [6, 6.07) is 16.7. The molecule has 0 saturated carbocycles. The number of hydrogen-bond donors (Lipinski definition) is 15. The van der Waals surface area contributed by atoms with Crippen molar-refractivity contribution in [1.29, 1.82) is 0 Å². The molecule has 9 atom stereocenters. The number of carbonyl (C=O) groups is 15. The zero-order valence-electron chi connectivity index (χ0n) is 55.4. The van der Waals surface area contributed by atoms with Crippen LogP contribution in [-0.2, 0) is 111 Å². The van der Waals surface area contributed by atoms with Crippen LogP contribution in [0.15, 0.2) is 121 Å². The maximum Gasteiger partial charge on any atom is 0.330 e. The van der Waals surface area contributed by atoms with E-state index < -0.39 is 188 Å². The molecule has 33 nitrogen and oxygen atoms in total. The number of ether oxygens (including phenoxy) is 3. The minimum atomic E-state index is -2.01. The minimum absolute atomic E-state index is 0.0522. The van der Waals surface area contributed by atoms with Crippen molar-refractivity contribution >= 4 is 88.9 Å². The molecule has 10 rings (SSSR count). The fourth-order valence-electron chi connectivity index (χ4n) is 10.5. The number of aliphatic carboxylic acids is 4. The predicted octanol–water partition coefficient (Wildman–Crippen LogP) is -0.995. The molecule has 0 saturated heterocycles. The van der Waals surface area contributed by atoms with Crippen molar-refractivity contribution in [2.75, 3.05) is 13.1 Å². The molecule has 33 heteroatoms. The molecule has 0 spiro atoms. The molecule has 5 aromatic carbocycles. The van der Waals surface area contributed by atoms with Crippen LogP contribution in [0.3, 0.4) is 0 Å². The molecule has 5 aromatic rings. The van der Waals surface area contributed by atoms with E-state index in [4.69, 9.17) is 14.2 Å². The Morgan fingerprint density at radius 2 is 0.892 bits per heavy atom. The van der Waals surface area contributed by atoms with E-state index in [0.717, 1.165) is 13.8 Å². The Hall–Kier alpha value is -12.4. The SMILES string of the molecule is CC(=O)N[C@H]1Cc2ccc(cc2)OCc2cc3cc(c2)COc2ccc(cc2)[C@@H](C(=O)O)NC(=O)CNC(=O)[C@H](Cc2ccccc2)NC(=O)[C@H](C)NC(=O)[C@H](CC(=O)O)NC(=O)[C@H](Cc2ccc(cc2)OC3)NC(=O)[C@H](CCC(=O)O)NC(=O)CNC(=O)[C@H](C)NC(=O)[C@H](CC(=O)O)NC1=O. The van der Waals surface area contributed by atoms with Gasteiger partial charge in [0, 0.05) is 32.6 Å². The molecule has 5 aliphatic heterocycles. The van der Waals surface area contributed by atoms with Crippen LogP contribution in [0.25, 0.3) is 0 Å². The first kappa shape index (κ1) is 76.9. The highest BCUT2D eigenvalue weighted by Gasteiger charge is 2.35. The summed E-state index contributed by atoms with van der Waals surface area (Å²) >= 11 is 0. The van der Waals surface area contributed by atoms with Gasteiger partial charge in [-0.1, -0.05) is 66.7 Å². The van der Waals surface area contributed by atoms with Gasteiger partial charge in [-0.15, -0.1) is 0 Å². The summed E-state index contributed by atoms with van der Waals surface area (Å²) in [5.41, 5.74) is 3.19. The lowest BCUT2D eigenvalue weighted by Crippen LogP contribution is -2.60. The number of carboxylic acids is 4. The summed E-state index contributed by atoms with van der Waals surface area (Å²) in [6.07, 6.45) is -4.35. The Morgan fingerprint density at radius 3 is 1.38 bits per heavy atom. The summed E-state index contributed by atoms with van der Waals surface area (Å²) in [4.78, 5) is 200. The van der Waals surface area contributed by atoms with E-state index >= 15 is 0 Å². The smallest absolute Gasteiger partial charge is 0.330 e. The molecule has 5 heterocycles. The Morgan fingerprint density at radius 1 is 0.441 bits per heavy atom. The van der Waals surface area contributed by atoms with Gasteiger partial charge in [0.05, 0.1) is 25.9 Å². The molecule has 102 heavy (non-hydrogen) atoms. The first-order chi connectivity index (χ1) is 48.5. The van der Waals surface area contributed by atoms with E-state index in [0.29, 0.717) is 39.1 Å². The van der Waals surface area contributed by atoms with Gasteiger partial charge in [-0.3, -0.25) is 67.1 Å². The largest absolute Gasteiger partial charge is 0.489 e. The van der Waals surface area contributed by atoms with E-state index in [-0.39, 0.29) is 49.7 Å². The van der Waals surface area contributed by atoms with Crippen molar-refractivity contribution in [2.45, 2.75) is 140 Å².